The average Bonchev–Trinajstić information content (AvgIpc) is 3.31. The van der Waals surface area contributed by atoms with Gasteiger partial charge >= 0.3 is 0 Å². The number of benzene rings is 3. The van der Waals surface area contributed by atoms with Gasteiger partial charge in [-0.25, -0.2) is 4.39 Å². The van der Waals surface area contributed by atoms with Crippen LogP contribution in [-0.4, -0.2) is 32.3 Å². The molecule has 7 nitrogen and oxygen atoms in total. The predicted octanol–water partition coefficient (Wildman–Crippen LogP) is 6.67. The van der Waals surface area contributed by atoms with Gasteiger partial charge in [-0.15, -0.1) is 10.2 Å². The van der Waals surface area contributed by atoms with Crippen LogP contribution in [0.15, 0.2) is 71.9 Å². The Kier molecular flexibility index (Phi) is 8.94. The van der Waals surface area contributed by atoms with Gasteiger partial charge in [0, 0.05) is 5.56 Å². The summed E-state index contributed by atoms with van der Waals surface area (Å²) in [5.41, 5.74) is 2.31. The van der Waals surface area contributed by atoms with E-state index < -0.39 is 11.7 Å². The number of para-hydroxylation sites is 1. The summed E-state index contributed by atoms with van der Waals surface area (Å²) in [7, 11) is 0. The molecule has 2 amide bonds. The summed E-state index contributed by atoms with van der Waals surface area (Å²) >= 11 is 13.5. The van der Waals surface area contributed by atoms with Gasteiger partial charge in [-0.3, -0.25) is 14.2 Å². The first-order valence-electron chi connectivity index (χ1n) is 12.0. The molecular weight excluding hydrogens is 560 g/mol. The SMILES string of the molecule is CC(C)(C)c1ccc(C(=O)NCc2nnc(SCC(=O)Nc3ccccc3F)n2-c2ccc(Cl)c(Cl)c2)cc1. The van der Waals surface area contributed by atoms with E-state index in [0.717, 1.165) is 17.3 Å². The molecule has 202 valence electrons. The van der Waals surface area contributed by atoms with E-state index >= 15 is 0 Å². The van der Waals surface area contributed by atoms with Crippen LogP contribution >= 0.6 is 35.0 Å². The monoisotopic (exact) mass is 585 g/mol. The Hall–Kier alpha value is -3.40. The summed E-state index contributed by atoms with van der Waals surface area (Å²) in [6.45, 7) is 6.39. The van der Waals surface area contributed by atoms with Crippen molar-refractivity contribution in [2.75, 3.05) is 11.1 Å². The Bertz CT molecular complexity index is 1500. The summed E-state index contributed by atoms with van der Waals surface area (Å²) in [5, 5.41) is 15.0. The molecule has 0 bridgehead atoms. The molecule has 0 aliphatic carbocycles. The Balaban J connectivity index is 1.52. The highest BCUT2D eigenvalue weighted by Crippen LogP contribution is 2.28. The van der Waals surface area contributed by atoms with Gasteiger partial charge in [0.15, 0.2) is 11.0 Å². The van der Waals surface area contributed by atoms with Crippen molar-refractivity contribution >= 4 is 52.5 Å². The van der Waals surface area contributed by atoms with E-state index in [1.807, 2.05) is 12.1 Å². The molecule has 0 saturated heterocycles. The minimum Gasteiger partial charge on any atom is -0.345 e. The standard InChI is InChI=1S/C28H26Cl2FN5O2S/c1-28(2,3)18-10-8-17(9-11-18)26(38)32-15-24-34-35-27(36(24)19-12-13-20(29)21(30)14-19)39-16-25(37)33-23-7-5-4-6-22(23)31/h4-14H,15-16H2,1-3H3,(H,32,38)(H,33,37). The van der Waals surface area contributed by atoms with Crippen LogP contribution in [0.4, 0.5) is 10.1 Å². The number of anilines is 1. The number of amides is 2. The zero-order chi connectivity index (χ0) is 28.2. The zero-order valence-electron chi connectivity index (χ0n) is 21.5. The quantitative estimate of drug-likeness (QED) is 0.225. The molecule has 4 aromatic rings. The van der Waals surface area contributed by atoms with E-state index in [2.05, 4.69) is 41.6 Å². The number of nitrogens with zero attached hydrogens (tertiary/aromatic N) is 3. The van der Waals surface area contributed by atoms with E-state index in [1.165, 1.54) is 12.1 Å². The predicted molar refractivity (Wildman–Crippen MR) is 153 cm³/mol. The first kappa shape index (κ1) is 28.6. The maximum atomic E-state index is 13.9. The zero-order valence-corrected chi connectivity index (χ0v) is 23.8. The second kappa shape index (κ2) is 12.2. The van der Waals surface area contributed by atoms with Gasteiger partial charge in [0.25, 0.3) is 5.91 Å². The average molecular weight is 587 g/mol. The van der Waals surface area contributed by atoms with Crippen molar-refractivity contribution < 1.29 is 14.0 Å². The van der Waals surface area contributed by atoms with Crippen molar-refractivity contribution in [1.82, 2.24) is 20.1 Å². The van der Waals surface area contributed by atoms with Gasteiger partial charge in [0.05, 0.1) is 33.7 Å². The molecule has 3 aromatic carbocycles. The lowest BCUT2D eigenvalue weighted by Gasteiger charge is -2.19. The molecule has 11 heteroatoms. The third kappa shape index (κ3) is 7.17. The van der Waals surface area contributed by atoms with Gasteiger partial charge in [0.2, 0.25) is 5.91 Å². The van der Waals surface area contributed by atoms with Crippen LogP contribution in [0.2, 0.25) is 10.0 Å². The lowest BCUT2D eigenvalue weighted by molar-refractivity contribution is -0.113. The van der Waals surface area contributed by atoms with Crippen molar-refractivity contribution in [3.8, 4) is 5.69 Å². The van der Waals surface area contributed by atoms with Crippen LogP contribution < -0.4 is 10.6 Å². The largest absolute Gasteiger partial charge is 0.345 e. The number of halogens is 3. The summed E-state index contributed by atoms with van der Waals surface area (Å²) in [5.74, 6) is -0.841. The van der Waals surface area contributed by atoms with Crippen LogP contribution in [-0.2, 0) is 16.8 Å². The van der Waals surface area contributed by atoms with E-state index in [-0.39, 0.29) is 29.3 Å². The molecule has 1 aromatic heterocycles. The molecule has 39 heavy (non-hydrogen) atoms. The first-order valence-corrected chi connectivity index (χ1v) is 13.7. The lowest BCUT2D eigenvalue weighted by Crippen LogP contribution is -2.25. The number of thioether (sulfide) groups is 1. The van der Waals surface area contributed by atoms with Crippen LogP contribution in [0, 0.1) is 5.82 Å². The Morgan fingerprint density at radius 3 is 2.36 bits per heavy atom. The lowest BCUT2D eigenvalue weighted by atomic mass is 9.87. The highest BCUT2D eigenvalue weighted by atomic mass is 35.5. The summed E-state index contributed by atoms with van der Waals surface area (Å²) in [6.07, 6.45) is 0. The highest BCUT2D eigenvalue weighted by Gasteiger charge is 2.19. The van der Waals surface area contributed by atoms with E-state index in [9.17, 15) is 14.0 Å². The molecule has 0 unspecified atom stereocenters. The van der Waals surface area contributed by atoms with E-state index in [4.69, 9.17) is 23.2 Å². The number of rotatable bonds is 8. The molecule has 1 heterocycles. The molecule has 2 N–H and O–H groups in total. The van der Waals surface area contributed by atoms with Gasteiger partial charge < -0.3 is 10.6 Å². The fourth-order valence-corrected chi connectivity index (χ4v) is 4.72. The topological polar surface area (TPSA) is 88.9 Å². The summed E-state index contributed by atoms with van der Waals surface area (Å²) in [4.78, 5) is 25.4. The van der Waals surface area contributed by atoms with E-state index in [0.29, 0.717) is 32.3 Å². The second-order valence-electron chi connectivity index (χ2n) is 9.66. The normalized spacial score (nSPS) is 11.3. The van der Waals surface area contributed by atoms with Crippen LogP contribution in [0.3, 0.4) is 0 Å². The third-order valence-electron chi connectivity index (χ3n) is 5.76. The first-order chi connectivity index (χ1) is 18.5. The number of carbonyl (C=O) groups excluding carboxylic acids is 2. The second-order valence-corrected chi connectivity index (χ2v) is 11.4. The molecular formula is C28H26Cl2FN5O2S. The van der Waals surface area contributed by atoms with Crippen LogP contribution in [0.1, 0.15) is 42.5 Å². The van der Waals surface area contributed by atoms with Crippen LogP contribution in [0.5, 0.6) is 0 Å². The smallest absolute Gasteiger partial charge is 0.251 e. The molecule has 0 fully saturated rings. The van der Waals surface area contributed by atoms with Crippen LogP contribution in [0.25, 0.3) is 5.69 Å². The van der Waals surface area contributed by atoms with Crippen molar-refractivity contribution in [3.05, 3.63) is 99.5 Å². The number of nitrogens with one attached hydrogen (secondary N) is 2. The van der Waals surface area contributed by atoms with Gasteiger partial charge in [-0.05, 0) is 53.4 Å². The number of carbonyl (C=O) groups is 2. The molecule has 4 rings (SSSR count). The number of hydrogen-bond donors (Lipinski definition) is 2. The molecule has 0 radical (unpaired) electrons. The van der Waals surface area contributed by atoms with Crippen molar-refractivity contribution in [3.63, 3.8) is 0 Å². The number of hydrogen-bond acceptors (Lipinski definition) is 5. The minimum absolute atomic E-state index is 0.0223. The molecule has 0 aliphatic rings. The van der Waals surface area contributed by atoms with Gasteiger partial charge in [-0.1, -0.05) is 80.0 Å². The third-order valence-corrected chi connectivity index (χ3v) is 7.43. The maximum Gasteiger partial charge on any atom is 0.251 e. The molecule has 0 atom stereocenters. The van der Waals surface area contributed by atoms with Crippen molar-refractivity contribution in [2.24, 2.45) is 0 Å². The number of aromatic nitrogens is 3. The highest BCUT2D eigenvalue weighted by molar-refractivity contribution is 7.99. The Morgan fingerprint density at radius 2 is 1.69 bits per heavy atom. The Morgan fingerprint density at radius 1 is 0.974 bits per heavy atom. The van der Waals surface area contributed by atoms with Crippen molar-refractivity contribution in [1.29, 1.82) is 0 Å². The fraction of sp³-hybridized carbons (Fsp3) is 0.214. The summed E-state index contributed by atoms with van der Waals surface area (Å²) in [6, 6.07) is 18.4. The molecule has 0 aliphatic heterocycles. The maximum absolute atomic E-state index is 13.9. The molecule has 0 spiro atoms. The minimum atomic E-state index is -0.527. The van der Waals surface area contributed by atoms with E-state index in [1.54, 1.807) is 47.0 Å². The summed E-state index contributed by atoms with van der Waals surface area (Å²) < 4.78 is 15.6. The Labute approximate surface area is 240 Å². The fourth-order valence-electron chi connectivity index (χ4n) is 3.65. The molecule has 0 saturated carbocycles. The van der Waals surface area contributed by atoms with Crippen molar-refractivity contribution in [2.45, 2.75) is 37.9 Å². The van der Waals surface area contributed by atoms with Gasteiger partial charge in [-0.2, -0.15) is 0 Å². The van der Waals surface area contributed by atoms with Gasteiger partial charge in [0.1, 0.15) is 5.82 Å².